The number of alkyl halides is 3. The molecular weight excluding hydrogens is 273 g/mol. The number of carbonyl (C=O) groups is 1. The average molecular weight is 290 g/mol. The highest BCUT2D eigenvalue weighted by molar-refractivity contribution is 6.04. The molecule has 1 aromatic rings. The number of rotatable bonds is 6. The van der Waals surface area contributed by atoms with E-state index in [0.29, 0.717) is 13.0 Å². The van der Waals surface area contributed by atoms with E-state index in [0.717, 1.165) is 6.07 Å². The fourth-order valence-electron chi connectivity index (χ4n) is 1.80. The molecule has 0 aliphatic rings. The van der Waals surface area contributed by atoms with Gasteiger partial charge in [0.1, 0.15) is 11.4 Å². The number of carbonyl (C=O) groups excluding carboxylic acids is 1. The molecule has 0 fully saturated rings. The normalized spacial score (nSPS) is 14.7. The zero-order valence-electron chi connectivity index (χ0n) is 11.6. The Hall–Kier alpha value is -1.56. The average Bonchev–Trinajstić information content (AvgIpc) is 2.37. The summed E-state index contributed by atoms with van der Waals surface area (Å²) in [5, 5.41) is 0. The predicted octanol–water partition coefficient (Wildman–Crippen LogP) is 3.97. The maximum atomic E-state index is 12.4. The Bertz CT molecular complexity index is 471. The lowest BCUT2D eigenvalue weighted by Crippen LogP contribution is -2.38. The standard InChI is InChI=1S/C14H17F3O3/c1-4-13(3,19-5-2)12(18)10-8-6-7-9-11(10)20-14(15,16)17/h6-9H,4-5H2,1-3H3. The van der Waals surface area contributed by atoms with Crippen molar-refractivity contribution >= 4 is 5.78 Å². The van der Waals surface area contributed by atoms with Crippen LogP contribution in [0, 0.1) is 0 Å². The third kappa shape index (κ3) is 3.96. The van der Waals surface area contributed by atoms with Crippen LogP contribution in [-0.4, -0.2) is 24.4 Å². The summed E-state index contributed by atoms with van der Waals surface area (Å²) < 4.78 is 46.3. The lowest BCUT2D eigenvalue weighted by molar-refractivity contribution is -0.274. The molecule has 0 saturated heterocycles. The molecule has 0 aliphatic heterocycles. The summed E-state index contributed by atoms with van der Waals surface area (Å²) >= 11 is 0. The van der Waals surface area contributed by atoms with Crippen LogP contribution in [-0.2, 0) is 4.74 Å². The Balaban J connectivity index is 3.16. The number of Topliss-reactive ketones (excluding diaryl/α,β-unsaturated/α-hetero) is 1. The lowest BCUT2D eigenvalue weighted by atomic mass is 9.91. The Morgan fingerprint density at radius 2 is 1.80 bits per heavy atom. The van der Waals surface area contributed by atoms with E-state index in [-0.39, 0.29) is 5.56 Å². The molecule has 112 valence electrons. The summed E-state index contributed by atoms with van der Waals surface area (Å²) in [4.78, 5) is 12.4. The molecule has 1 aromatic carbocycles. The summed E-state index contributed by atoms with van der Waals surface area (Å²) in [6.07, 6.45) is -4.50. The minimum Gasteiger partial charge on any atom is -0.405 e. The van der Waals surface area contributed by atoms with Crippen molar-refractivity contribution in [3.8, 4) is 5.75 Å². The van der Waals surface area contributed by atoms with Crippen LogP contribution < -0.4 is 4.74 Å². The van der Waals surface area contributed by atoms with E-state index in [9.17, 15) is 18.0 Å². The van der Waals surface area contributed by atoms with Gasteiger partial charge in [-0.2, -0.15) is 0 Å². The Kier molecular flexibility index (Phi) is 5.16. The first-order valence-electron chi connectivity index (χ1n) is 6.27. The van der Waals surface area contributed by atoms with E-state index in [4.69, 9.17) is 4.74 Å². The molecule has 0 spiro atoms. The topological polar surface area (TPSA) is 35.5 Å². The van der Waals surface area contributed by atoms with Crippen LogP contribution in [0.4, 0.5) is 13.2 Å². The smallest absolute Gasteiger partial charge is 0.405 e. The minimum atomic E-state index is -4.84. The van der Waals surface area contributed by atoms with E-state index in [1.54, 1.807) is 20.8 Å². The van der Waals surface area contributed by atoms with E-state index >= 15 is 0 Å². The number of benzene rings is 1. The van der Waals surface area contributed by atoms with Gasteiger partial charge in [0.15, 0.2) is 5.78 Å². The van der Waals surface area contributed by atoms with Gasteiger partial charge in [-0.05, 0) is 32.4 Å². The highest BCUT2D eigenvalue weighted by Crippen LogP contribution is 2.30. The Morgan fingerprint density at radius 3 is 2.30 bits per heavy atom. The molecule has 0 saturated carbocycles. The van der Waals surface area contributed by atoms with E-state index in [2.05, 4.69) is 4.74 Å². The minimum absolute atomic E-state index is 0.136. The molecule has 1 atom stereocenters. The van der Waals surface area contributed by atoms with Crippen molar-refractivity contribution in [2.24, 2.45) is 0 Å². The zero-order valence-corrected chi connectivity index (χ0v) is 11.6. The molecule has 1 rings (SSSR count). The third-order valence-electron chi connectivity index (χ3n) is 2.98. The van der Waals surface area contributed by atoms with Crippen molar-refractivity contribution in [2.75, 3.05) is 6.61 Å². The van der Waals surface area contributed by atoms with Crippen LogP contribution in [0.3, 0.4) is 0 Å². The summed E-state index contributed by atoms with van der Waals surface area (Å²) in [5.41, 5.74) is -1.30. The summed E-state index contributed by atoms with van der Waals surface area (Å²) in [7, 11) is 0. The van der Waals surface area contributed by atoms with Gasteiger partial charge in [0.05, 0.1) is 5.56 Å². The van der Waals surface area contributed by atoms with Crippen molar-refractivity contribution in [3.63, 3.8) is 0 Å². The molecule has 0 amide bonds. The summed E-state index contributed by atoms with van der Waals surface area (Å²) in [6, 6.07) is 5.28. The van der Waals surface area contributed by atoms with E-state index < -0.39 is 23.5 Å². The summed E-state index contributed by atoms with van der Waals surface area (Å²) in [5.74, 6) is -1.04. The van der Waals surface area contributed by atoms with Crippen molar-refractivity contribution in [3.05, 3.63) is 29.8 Å². The lowest BCUT2D eigenvalue weighted by Gasteiger charge is -2.27. The number of para-hydroxylation sites is 1. The fraction of sp³-hybridized carbons (Fsp3) is 0.500. The van der Waals surface area contributed by atoms with Crippen molar-refractivity contribution in [2.45, 2.75) is 39.2 Å². The molecule has 0 bridgehead atoms. The van der Waals surface area contributed by atoms with Gasteiger partial charge >= 0.3 is 6.36 Å². The quantitative estimate of drug-likeness (QED) is 0.744. The molecule has 0 heterocycles. The van der Waals surface area contributed by atoms with E-state index in [1.165, 1.54) is 18.2 Å². The number of hydrogen-bond acceptors (Lipinski definition) is 3. The summed E-state index contributed by atoms with van der Waals surface area (Å²) in [6.45, 7) is 5.31. The molecule has 0 radical (unpaired) electrons. The highest BCUT2D eigenvalue weighted by atomic mass is 19.4. The first-order chi connectivity index (χ1) is 9.23. The Labute approximate surface area is 115 Å². The molecule has 20 heavy (non-hydrogen) atoms. The molecular formula is C14H17F3O3. The van der Waals surface area contributed by atoms with Crippen LogP contribution in [0.2, 0.25) is 0 Å². The number of ether oxygens (including phenoxy) is 2. The molecule has 6 heteroatoms. The second-order valence-electron chi connectivity index (χ2n) is 4.39. The van der Waals surface area contributed by atoms with Gasteiger partial charge in [-0.25, -0.2) is 0 Å². The van der Waals surface area contributed by atoms with Gasteiger partial charge in [0.2, 0.25) is 0 Å². The van der Waals surface area contributed by atoms with Gasteiger partial charge in [0, 0.05) is 6.61 Å². The van der Waals surface area contributed by atoms with Crippen LogP contribution in [0.25, 0.3) is 0 Å². The monoisotopic (exact) mass is 290 g/mol. The van der Waals surface area contributed by atoms with Crippen molar-refractivity contribution < 1.29 is 27.4 Å². The van der Waals surface area contributed by atoms with Gasteiger partial charge in [0.25, 0.3) is 0 Å². The Morgan fingerprint density at radius 1 is 1.20 bits per heavy atom. The fourth-order valence-corrected chi connectivity index (χ4v) is 1.80. The van der Waals surface area contributed by atoms with E-state index in [1.807, 2.05) is 0 Å². The highest BCUT2D eigenvalue weighted by Gasteiger charge is 2.37. The second kappa shape index (κ2) is 6.26. The van der Waals surface area contributed by atoms with Crippen molar-refractivity contribution in [1.29, 1.82) is 0 Å². The zero-order chi connectivity index (χ0) is 15.4. The molecule has 0 N–H and O–H groups in total. The van der Waals surface area contributed by atoms with Crippen molar-refractivity contribution in [1.82, 2.24) is 0 Å². The number of ketones is 1. The first-order valence-corrected chi connectivity index (χ1v) is 6.27. The predicted molar refractivity (Wildman–Crippen MR) is 67.8 cm³/mol. The van der Waals surface area contributed by atoms with Crippen LogP contribution >= 0.6 is 0 Å². The maximum absolute atomic E-state index is 12.4. The maximum Gasteiger partial charge on any atom is 0.573 e. The van der Waals surface area contributed by atoms with Gasteiger partial charge in [-0.1, -0.05) is 19.1 Å². The van der Waals surface area contributed by atoms with Crippen LogP contribution in [0.5, 0.6) is 5.75 Å². The molecule has 0 aliphatic carbocycles. The molecule has 0 aromatic heterocycles. The number of hydrogen-bond donors (Lipinski definition) is 0. The number of halogens is 3. The van der Waals surface area contributed by atoms with Crippen LogP contribution in [0.1, 0.15) is 37.6 Å². The molecule has 1 unspecified atom stereocenters. The largest absolute Gasteiger partial charge is 0.573 e. The van der Waals surface area contributed by atoms with Gasteiger partial charge < -0.3 is 9.47 Å². The third-order valence-corrected chi connectivity index (χ3v) is 2.98. The molecule has 3 nitrogen and oxygen atoms in total. The second-order valence-corrected chi connectivity index (χ2v) is 4.39. The first kappa shape index (κ1) is 16.5. The SMILES string of the molecule is CCOC(C)(CC)C(=O)c1ccccc1OC(F)(F)F. The van der Waals surface area contributed by atoms with Crippen LogP contribution in [0.15, 0.2) is 24.3 Å². The van der Waals surface area contributed by atoms with Gasteiger partial charge in [-0.3, -0.25) is 4.79 Å². The van der Waals surface area contributed by atoms with Gasteiger partial charge in [-0.15, -0.1) is 13.2 Å².